The molecular weight excluding hydrogens is 291 g/mol. The molecule has 4 nitrogen and oxygen atoms in total. The molecule has 1 aliphatic rings. The maximum atomic E-state index is 12.9. The Balaban J connectivity index is 2.38. The molecule has 1 fully saturated rings. The number of alkyl halides is 3. The number of halogens is 3. The molecule has 0 radical (unpaired) electrons. The first kappa shape index (κ1) is 15.0. The first-order valence-corrected chi connectivity index (χ1v) is 7.14. The highest BCUT2D eigenvalue weighted by atomic mass is 32.2. The first-order valence-electron chi connectivity index (χ1n) is 5.99. The van der Waals surface area contributed by atoms with Crippen LogP contribution >= 0.6 is 11.8 Å². The third-order valence-electron chi connectivity index (χ3n) is 3.04. The van der Waals surface area contributed by atoms with Crippen LogP contribution in [-0.4, -0.2) is 35.4 Å². The molecule has 0 bridgehead atoms. The number of rotatable bonds is 2. The zero-order chi connectivity index (χ0) is 14.8. The van der Waals surface area contributed by atoms with E-state index in [-0.39, 0.29) is 11.3 Å². The first-order chi connectivity index (χ1) is 9.45. The van der Waals surface area contributed by atoms with E-state index in [2.05, 4.69) is 0 Å². The van der Waals surface area contributed by atoms with Crippen LogP contribution in [0.1, 0.15) is 15.9 Å². The van der Waals surface area contributed by atoms with Crippen LogP contribution in [0.3, 0.4) is 0 Å². The van der Waals surface area contributed by atoms with Crippen LogP contribution in [-0.2, 0) is 6.18 Å². The number of nitrogens with zero attached hydrogens (tertiary/aromatic N) is 1. The lowest BCUT2D eigenvalue weighted by Crippen LogP contribution is -2.38. The molecule has 20 heavy (non-hydrogen) atoms. The van der Waals surface area contributed by atoms with E-state index in [1.165, 1.54) is 12.1 Å². The van der Waals surface area contributed by atoms with Gasteiger partial charge < -0.3 is 10.3 Å². The SMILES string of the molecule is NNc1c(C(=O)N2CCSCC2)cccc1C(F)(F)F. The molecule has 1 aliphatic heterocycles. The van der Waals surface area contributed by atoms with Crippen molar-refractivity contribution in [1.29, 1.82) is 0 Å². The average molecular weight is 305 g/mol. The molecule has 1 aromatic rings. The fourth-order valence-electron chi connectivity index (χ4n) is 2.06. The topological polar surface area (TPSA) is 58.4 Å². The van der Waals surface area contributed by atoms with Crippen LogP contribution < -0.4 is 11.3 Å². The molecule has 110 valence electrons. The molecule has 1 saturated heterocycles. The van der Waals surface area contributed by atoms with Crippen molar-refractivity contribution in [2.75, 3.05) is 30.0 Å². The fraction of sp³-hybridized carbons (Fsp3) is 0.417. The molecule has 0 saturated carbocycles. The zero-order valence-electron chi connectivity index (χ0n) is 10.5. The normalized spacial score (nSPS) is 16.1. The molecule has 0 aromatic heterocycles. The summed E-state index contributed by atoms with van der Waals surface area (Å²) < 4.78 is 38.7. The number of para-hydroxylation sites is 1. The van der Waals surface area contributed by atoms with Crippen molar-refractivity contribution in [1.82, 2.24) is 4.90 Å². The lowest BCUT2D eigenvalue weighted by molar-refractivity contribution is -0.137. The fourth-order valence-corrected chi connectivity index (χ4v) is 2.96. The second-order valence-corrected chi connectivity index (χ2v) is 5.50. The van der Waals surface area contributed by atoms with Gasteiger partial charge in [-0.1, -0.05) is 6.07 Å². The van der Waals surface area contributed by atoms with Crippen molar-refractivity contribution >= 4 is 23.4 Å². The number of hydrogen-bond acceptors (Lipinski definition) is 4. The number of amides is 1. The Bertz CT molecular complexity index is 501. The van der Waals surface area contributed by atoms with Crippen LogP contribution in [0.2, 0.25) is 0 Å². The summed E-state index contributed by atoms with van der Waals surface area (Å²) in [6.45, 7) is 1.06. The molecule has 1 aromatic carbocycles. The summed E-state index contributed by atoms with van der Waals surface area (Å²) in [5.41, 5.74) is 0.666. The number of nitrogens with two attached hydrogens (primary N) is 1. The Morgan fingerprint density at radius 2 is 1.95 bits per heavy atom. The number of carbonyl (C=O) groups is 1. The second kappa shape index (κ2) is 5.92. The summed E-state index contributed by atoms with van der Waals surface area (Å²) in [5.74, 6) is 6.34. The van der Waals surface area contributed by atoms with Gasteiger partial charge in [0.05, 0.1) is 16.8 Å². The lowest BCUT2D eigenvalue weighted by atomic mass is 10.1. The largest absolute Gasteiger partial charge is 0.418 e. The number of nitrogen functional groups attached to an aromatic ring is 1. The number of nitrogens with one attached hydrogen (secondary N) is 1. The van der Waals surface area contributed by atoms with Gasteiger partial charge in [0.15, 0.2) is 0 Å². The van der Waals surface area contributed by atoms with Gasteiger partial charge in [0, 0.05) is 24.6 Å². The van der Waals surface area contributed by atoms with Gasteiger partial charge in [-0.3, -0.25) is 10.6 Å². The molecule has 0 unspecified atom stereocenters. The van der Waals surface area contributed by atoms with Gasteiger partial charge >= 0.3 is 6.18 Å². The third kappa shape index (κ3) is 3.01. The van der Waals surface area contributed by atoms with Gasteiger partial charge in [0.2, 0.25) is 0 Å². The van der Waals surface area contributed by atoms with Gasteiger partial charge in [-0.25, -0.2) is 0 Å². The Kier molecular flexibility index (Phi) is 4.44. The predicted octanol–water partition coefficient (Wildman–Crippen LogP) is 2.18. The maximum Gasteiger partial charge on any atom is 0.418 e. The molecule has 3 N–H and O–H groups in total. The standard InChI is InChI=1S/C12H14F3N3OS/c13-12(14,15)9-3-1-2-8(10(9)17-16)11(19)18-4-6-20-7-5-18/h1-3,17H,4-7,16H2. The minimum absolute atomic E-state index is 0.0470. The van der Waals surface area contributed by atoms with Gasteiger partial charge in [-0.2, -0.15) is 24.9 Å². The highest BCUT2D eigenvalue weighted by Crippen LogP contribution is 2.36. The van der Waals surface area contributed by atoms with Crippen LogP contribution in [0.25, 0.3) is 0 Å². The summed E-state index contributed by atoms with van der Waals surface area (Å²) in [5, 5.41) is 0. The van der Waals surface area contributed by atoms with Crippen LogP contribution in [0.5, 0.6) is 0 Å². The summed E-state index contributed by atoms with van der Waals surface area (Å²) in [7, 11) is 0. The van der Waals surface area contributed by atoms with Gasteiger partial charge in [-0.05, 0) is 12.1 Å². The van der Waals surface area contributed by atoms with E-state index in [0.29, 0.717) is 13.1 Å². The number of benzene rings is 1. The second-order valence-electron chi connectivity index (χ2n) is 4.27. The Morgan fingerprint density at radius 3 is 2.50 bits per heavy atom. The van der Waals surface area contributed by atoms with Crippen LogP contribution in [0.4, 0.5) is 18.9 Å². The molecular formula is C12H14F3N3OS. The molecule has 0 atom stereocenters. The summed E-state index contributed by atoms with van der Waals surface area (Å²) in [4.78, 5) is 13.9. The Hall–Kier alpha value is -1.41. The van der Waals surface area contributed by atoms with E-state index in [4.69, 9.17) is 5.84 Å². The quantitative estimate of drug-likeness (QED) is 0.649. The van der Waals surface area contributed by atoms with Crippen molar-refractivity contribution in [3.05, 3.63) is 29.3 Å². The predicted molar refractivity (Wildman–Crippen MR) is 72.5 cm³/mol. The Labute approximate surface area is 118 Å². The lowest BCUT2D eigenvalue weighted by Gasteiger charge is -2.27. The van der Waals surface area contributed by atoms with Crippen molar-refractivity contribution < 1.29 is 18.0 Å². The van der Waals surface area contributed by atoms with E-state index in [0.717, 1.165) is 17.6 Å². The van der Waals surface area contributed by atoms with Gasteiger partial charge in [0.25, 0.3) is 5.91 Å². The van der Waals surface area contributed by atoms with E-state index in [9.17, 15) is 18.0 Å². The van der Waals surface area contributed by atoms with Crippen molar-refractivity contribution in [3.8, 4) is 0 Å². The molecule has 2 rings (SSSR count). The summed E-state index contributed by atoms with van der Waals surface area (Å²) >= 11 is 1.71. The molecule has 8 heteroatoms. The minimum atomic E-state index is -4.56. The van der Waals surface area contributed by atoms with E-state index in [1.807, 2.05) is 5.43 Å². The number of hydrogen-bond donors (Lipinski definition) is 2. The van der Waals surface area contributed by atoms with Crippen molar-refractivity contribution in [3.63, 3.8) is 0 Å². The maximum absolute atomic E-state index is 12.9. The van der Waals surface area contributed by atoms with Crippen LogP contribution in [0, 0.1) is 0 Å². The highest BCUT2D eigenvalue weighted by molar-refractivity contribution is 7.99. The zero-order valence-corrected chi connectivity index (χ0v) is 11.4. The smallest absolute Gasteiger partial charge is 0.337 e. The molecule has 0 aliphatic carbocycles. The molecule has 1 amide bonds. The summed E-state index contributed by atoms with van der Waals surface area (Å²) in [6, 6.07) is 3.47. The number of anilines is 1. The van der Waals surface area contributed by atoms with E-state index >= 15 is 0 Å². The van der Waals surface area contributed by atoms with Crippen molar-refractivity contribution in [2.45, 2.75) is 6.18 Å². The van der Waals surface area contributed by atoms with E-state index in [1.54, 1.807) is 16.7 Å². The number of hydrazine groups is 1. The van der Waals surface area contributed by atoms with Crippen molar-refractivity contribution in [2.24, 2.45) is 5.84 Å². The molecule has 0 spiro atoms. The number of thioether (sulfide) groups is 1. The number of carbonyl (C=O) groups excluding carboxylic acids is 1. The Morgan fingerprint density at radius 1 is 1.30 bits per heavy atom. The highest BCUT2D eigenvalue weighted by Gasteiger charge is 2.35. The summed E-state index contributed by atoms with van der Waals surface area (Å²) in [6.07, 6.45) is -4.56. The average Bonchev–Trinajstić information content (AvgIpc) is 2.45. The van der Waals surface area contributed by atoms with E-state index < -0.39 is 17.6 Å². The van der Waals surface area contributed by atoms with Crippen LogP contribution in [0.15, 0.2) is 18.2 Å². The van der Waals surface area contributed by atoms with Gasteiger partial charge in [-0.15, -0.1) is 0 Å². The minimum Gasteiger partial charge on any atom is -0.337 e. The third-order valence-corrected chi connectivity index (χ3v) is 3.99. The molecule has 1 heterocycles. The van der Waals surface area contributed by atoms with Gasteiger partial charge in [0.1, 0.15) is 0 Å². The monoisotopic (exact) mass is 305 g/mol.